The monoisotopic (exact) mass is 437 g/mol. The molecule has 1 aromatic carbocycles. The van der Waals surface area contributed by atoms with Gasteiger partial charge < -0.3 is 19.6 Å². The topological polar surface area (TPSA) is 83.0 Å². The highest BCUT2D eigenvalue weighted by Crippen LogP contribution is 2.39. The smallest absolute Gasteiger partial charge is 0.295 e. The minimum absolute atomic E-state index is 0.0841. The van der Waals surface area contributed by atoms with E-state index in [4.69, 9.17) is 4.74 Å². The summed E-state index contributed by atoms with van der Waals surface area (Å²) in [6.45, 7) is 5.57. The molecule has 0 radical (unpaired) electrons. The van der Waals surface area contributed by atoms with E-state index in [1.807, 2.05) is 32.0 Å². The number of ether oxygens (including phenoxy) is 1. The lowest BCUT2D eigenvalue weighted by molar-refractivity contribution is -0.140. The Balaban J connectivity index is 2.03. The number of hydrogen-bond donors (Lipinski definition) is 1. The Morgan fingerprint density at radius 3 is 2.66 bits per heavy atom. The van der Waals surface area contributed by atoms with Gasteiger partial charge >= 0.3 is 0 Å². The highest BCUT2D eigenvalue weighted by Gasteiger charge is 2.46. The summed E-state index contributed by atoms with van der Waals surface area (Å²) in [5, 5.41) is 11.2. The second-order valence-corrected chi connectivity index (χ2v) is 8.26. The van der Waals surface area contributed by atoms with E-state index in [9.17, 15) is 14.7 Å². The Morgan fingerprint density at radius 1 is 1.25 bits per heavy atom. The molecule has 32 heavy (non-hydrogen) atoms. The van der Waals surface area contributed by atoms with Gasteiger partial charge in [0.25, 0.3) is 11.7 Å². The maximum absolute atomic E-state index is 13.0. The molecule has 1 aromatic heterocycles. The first-order valence-corrected chi connectivity index (χ1v) is 10.9. The highest BCUT2D eigenvalue weighted by molar-refractivity contribution is 6.46. The number of amides is 1. The van der Waals surface area contributed by atoms with Gasteiger partial charge in [0.1, 0.15) is 11.5 Å². The zero-order valence-electron chi connectivity index (χ0n) is 19.2. The molecule has 0 aliphatic carbocycles. The minimum atomic E-state index is -0.690. The van der Waals surface area contributed by atoms with Gasteiger partial charge in [-0.1, -0.05) is 19.4 Å². The van der Waals surface area contributed by atoms with Gasteiger partial charge in [-0.3, -0.25) is 14.6 Å². The van der Waals surface area contributed by atoms with Crippen LogP contribution >= 0.6 is 0 Å². The molecule has 1 aliphatic rings. The molecule has 1 fully saturated rings. The number of ketones is 1. The van der Waals surface area contributed by atoms with Gasteiger partial charge in [0.15, 0.2) is 0 Å². The van der Waals surface area contributed by atoms with E-state index in [-0.39, 0.29) is 11.3 Å². The van der Waals surface area contributed by atoms with E-state index in [0.717, 1.165) is 24.2 Å². The van der Waals surface area contributed by atoms with Gasteiger partial charge in [-0.15, -0.1) is 0 Å². The molecule has 7 nitrogen and oxygen atoms in total. The van der Waals surface area contributed by atoms with Crippen LogP contribution in [0, 0.1) is 6.92 Å². The van der Waals surface area contributed by atoms with E-state index < -0.39 is 17.7 Å². The molecule has 2 heterocycles. The number of carbonyl (C=O) groups excluding carboxylic acids is 2. The van der Waals surface area contributed by atoms with Gasteiger partial charge in [0.05, 0.1) is 18.2 Å². The van der Waals surface area contributed by atoms with Crippen molar-refractivity contribution in [2.75, 3.05) is 33.8 Å². The van der Waals surface area contributed by atoms with Crippen molar-refractivity contribution in [2.24, 2.45) is 0 Å². The quantitative estimate of drug-likeness (QED) is 0.280. The van der Waals surface area contributed by atoms with Crippen molar-refractivity contribution in [1.82, 2.24) is 14.8 Å². The van der Waals surface area contributed by atoms with Gasteiger partial charge in [-0.25, -0.2) is 0 Å². The largest absolute Gasteiger partial charge is 0.507 e. The normalized spacial score (nSPS) is 17.9. The van der Waals surface area contributed by atoms with Crippen molar-refractivity contribution in [1.29, 1.82) is 0 Å². The highest BCUT2D eigenvalue weighted by atomic mass is 16.5. The number of hydrogen-bond acceptors (Lipinski definition) is 6. The molecule has 7 heteroatoms. The van der Waals surface area contributed by atoms with Crippen molar-refractivity contribution in [3.63, 3.8) is 0 Å². The molecule has 0 unspecified atom stereocenters. The van der Waals surface area contributed by atoms with Crippen molar-refractivity contribution in [3.8, 4) is 5.75 Å². The lowest BCUT2D eigenvalue weighted by Crippen LogP contribution is -2.35. The lowest BCUT2D eigenvalue weighted by atomic mass is 9.95. The Kier molecular flexibility index (Phi) is 7.64. The van der Waals surface area contributed by atoms with Crippen LogP contribution in [0.2, 0.25) is 0 Å². The number of aliphatic hydroxyl groups is 1. The molecular formula is C25H31N3O4. The van der Waals surface area contributed by atoms with Crippen LogP contribution in [0.4, 0.5) is 0 Å². The number of Topliss-reactive ketones (excluding diaryl/α,β-unsaturated/α-hetero) is 1. The number of aryl methyl sites for hydroxylation is 1. The third kappa shape index (κ3) is 4.99. The molecule has 1 amide bonds. The lowest BCUT2D eigenvalue weighted by Gasteiger charge is -2.26. The minimum Gasteiger partial charge on any atom is -0.507 e. The number of likely N-dealkylation sites (N-methyl/N-ethyl adjacent to an activating group) is 1. The van der Waals surface area contributed by atoms with Crippen LogP contribution in [-0.2, 0) is 9.59 Å². The van der Waals surface area contributed by atoms with E-state index in [1.54, 1.807) is 36.7 Å². The molecule has 170 valence electrons. The summed E-state index contributed by atoms with van der Waals surface area (Å²) >= 11 is 0. The maximum atomic E-state index is 13.0. The van der Waals surface area contributed by atoms with E-state index in [1.165, 1.54) is 4.90 Å². The Bertz CT molecular complexity index is 1000. The molecule has 1 aliphatic heterocycles. The summed E-state index contributed by atoms with van der Waals surface area (Å²) in [6, 6.07) is 8.18. The average Bonchev–Trinajstić information content (AvgIpc) is 3.03. The average molecular weight is 438 g/mol. The van der Waals surface area contributed by atoms with E-state index >= 15 is 0 Å². The van der Waals surface area contributed by atoms with E-state index in [0.29, 0.717) is 30.8 Å². The molecule has 3 rings (SSSR count). The number of aliphatic hydroxyl groups excluding tert-OH is 1. The molecule has 2 aromatic rings. The Labute approximate surface area is 189 Å². The molecular weight excluding hydrogens is 406 g/mol. The maximum Gasteiger partial charge on any atom is 0.295 e. The molecule has 0 saturated carbocycles. The molecule has 0 bridgehead atoms. The van der Waals surface area contributed by atoms with Crippen LogP contribution in [0.25, 0.3) is 5.76 Å². The summed E-state index contributed by atoms with van der Waals surface area (Å²) in [6.07, 6.45) is 5.27. The van der Waals surface area contributed by atoms with Crippen molar-refractivity contribution >= 4 is 17.4 Å². The fraction of sp³-hybridized carbons (Fsp3) is 0.400. The second kappa shape index (κ2) is 10.4. The summed E-state index contributed by atoms with van der Waals surface area (Å²) in [5.41, 5.74) is 2.10. The first-order valence-electron chi connectivity index (χ1n) is 10.9. The van der Waals surface area contributed by atoms with Crippen LogP contribution in [0.3, 0.4) is 0 Å². The summed E-state index contributed by atoms with van der Waals surface area (Å²) in [5.74, 6) is -0.743. The number of aromatic nitrogens is 1. The summed E-state index contributed by atoms with van der Waals surface area (Å²) in [4.78, 5) is 33.5. The number of carbonyl (C=O) groups is 2. The predicted molar refractivity (Wildman–Crippen MR) is 123 cm³/mol. The zero-order chi connectivity index (χ0) is 23.3. The fourth-order valence-corrected chi connectivity index (χ4v) is 3.74. The summed E-state index contributed by atoms with van der Waals surface area (Å²) in [7, 11) is 3.81. The van der Waals surface area contributed by atoms with Crippen molar-refractivity contribution in [2.45, 2.75) is 32.7 Å². The van der Waals surface area contributed by atoms with Crippen molar-refractivity contribution in [3.05, 3.63) is 65.0 Å². The first kappa shape index (κ1) is 23.5. The Morgan fingerprint density at radius 2 is 2.03 bits per heavy atom. The van der Waals surface area contributed by atoms with Crippen LogP contribution in [-0.4, -0.2) is 65.4 Å². The van der Waals surface area contributed by atoms with Gasteiger partial charge in [-0.2, -0.15) is 0 Å². The Hall–Kier alpha value is -3.19. The van der Waals surface area contributed by atoms with E-state index in [2.05, 4.69) is 11.9 Å². The molecule has 1 N–H and O–H groups in total. The summed E-state index contributed by atoms with van der Waals surface area (Å²) < 4.78 is 5.80. The number of rotatable bonds is 9. The van der Waals surface area contributed by atoms with Crippen LogP contribution < -0.4 is 4.74 Å². The first-order chi connectivity index (χ1) is 15.3. The van der Waals surface area contributed by atoms with Crippen LogP contribution in [0.1, 0.15) is 42.5 Å². The van der Waals surface area contributed by atoms with Gasteiger partial charge in [0, 0.05) is 31.0 Å². The second-order valence-electron chi connectivity index (χ2n) is 8.26. The number of unbranched alkanes of at least 4 members (excludes halogenated alkanes) is 1. The fourth-order valence-electron chi connectivity index (χ4n) is 3.74. The molecule has 1 atom stereocenters. The zero-order valence-corrected chi connectivity index (χ0v) is 19.2. The number of likely N-dealkylation sites (tertiary alicyclic amines) is 1. The molecule has 1 saturated heterocycles. The van der Waals surface area contributed by atoms with Crippen molar-refractivity contribution < 1.29 is 19.4 Å². The van der Waals surface area contributed by atoms with Gasteiger partial charge in [-0.05, 0) is 62.8 Å². The number of pyridine rings is 1. The van der Waals surface area contributed by atoms with Crippen LogP contribution in [0.5, 0.6) is 5.75 Å². The van der Waals surface area contributed by atoms with Gasteiger partial charge in [0.2, 0.25) is 0 Å². The number of benzene rings is 1. The SMILES string of the molecule is CCCCOc1ccc(/C(O)=C2\C(=O)C(=O)N(CCN(C)C)[C@@H]2c2cccnc2)cc1C. The molecule has 0 spiro atoms. The van der Waals surface area contributed by atoms with Crippen LogP contribution in [0.15, 0.2) is 48.3 Å². The third-order valence-electron chi connectivity index (χ3n) is 5.53. The number of nitrogens with zero attached hydrogens (tertiary/aromatic N) is 3. The standard InChI is InChI=1S/C25H31N3O4/c1-5-6-14-32-20-10-9-18(15-17(20)2)23(29)21-22(19-8-7-11-26-16-19)28(13-12-27(3)4)25(31)24(21)30/h7-11,15-16,22,29H,5-6,12-14H2,1-4H3/b23-21+/t22-/m1/s1. The predicted octanol–water partition coefficient (Wildman–Crippen LogP) is 3.55. The third-order valence-corrected chi connectivity index (χ3v) is 5.53.